The van der Waals surface area contributed by atoms with E-state index in [9.17, 15) is 0 Å². The molecule has 4 nitrogen and oxygen atoms in total. The Labute approximate surface area is 105 Å². The Morgan fingerprint density at radius 1 is 1.47 bits per heavy atom. The number of rotatable bonds is 3. The van der Waals surface area contributed by atoms with Crippen molar-refractivity contribution in [3.05, 3.63) is 35.1 Å². The fourth-order valence-electron chi connectivity index (χ4n) is 1.74. The van der Waals surface area contributed by atoms with Crippen LogP contribution >= 0.6 is 11.6 Å². The zero-order valence-corrected chi connectivity index (χ0v) is 10.5. The van der Waals surface area contributed by atoms with Crippen molar-refractivity contribution in [3.8, 4) is 17.1 Å². The zero-order chi connectivity index (χ0) is 12.4. The van der Waals surface area contributed by atoms with Crippen molar-refractivity contribution in [2.24, 2.45) is 12.8 Å². The maximum atomic E-state index is 6.03. The van der Waals surface area contributed by atoms with Gasteiger partial charge in [0.2, 0.25) is 0 Å². The molecule has 0 radical (unpaired) electrons. The molecule has 1 aromatic heterocycles. The first-order valence-corrected chi connectivity index (χ1v) is 5.60. The number of nitrogens with two attached hydrogens (primary N) is 1. The second-order valence-corrected chi connectivity index (χ2v) is 4.03. The van der Waals surface area contributed by atoms with Gasteiger partial charge in [0.1, 0.15) is 11.6 Å². The fourth-order valence-corrected chi connectivity index (χ4v) is 2.02. The largest absolute Gasteiger partial charge is 0.497 e. The van der Waals surface area contributed by atoms with Crippen molar-refractivity contribution < 1.29 is 4.74 Å². The smallest absolute Gasteiger partial charge is 0.152 e. The normalized spacial score (nSPS) is 10.6. The number of hydrogen-bond donors (Lipinski definition) is 1. The van der Waals surface area contributed by atoms with Crippen LogP contribution in [0.1, 0.15) is 5.69 Å². The number of benzene rings is 1. The van der Waals surface area contributed by atoms with E-state index in [-0.39, 0.29) is 0 Å². The maximum Gasteiger partial charge on any atom is 0.152 e. The molecule has 0 amide bonds. The third-order valence-electron chi connectivity index (χ3n) is 2.69. The molecule has 90 valence electrons. The number of nitrogens with zero attached hydrogens (tertiary/aromatic N) is 2. The lowest BCUT2D eigenvalue weighted by Crippen LogP contribution is -2.04. The quantitative estimate of drug-likeness (QED) is 0.910. The molecule has 2 rings (SSSR count). The first kappa shape index (κ1) is 12.0. The van der Waals surface area contributed by atoms with Gasteiger partial charge in [-0.1, -0.05) is 23.7 Å². The molecule has 17 heavy (non-hydrogen) atoms. The Balaban J connectivity index is 2.52. The number of aromatic nitrogens is 2. The minimum atomic E-state index is 0.367. The van der Waals surface area contributed by atoms with Crippen LogP contribution in [0.5, 0.6) is 5.75 Å². The molecule has 1 heterocycles. The Kier molecular flexibility index (Phi) is 3.36. The summed E-state index contributed by atoms with van der Waals surface area (Å²) in [6.45, 7) is 0.367. The fraction of sp³-hybridized carbons (Fsp3) is 0.250. The van der Waals surface area contributed by atoms with Crippen LogP contribution in [0.15, 0.2) is 24.3 Å². The molecule has 5 heteroatoms. The summed E-state index contributed by atoms with van der Waals surface area (Å²) in [6.07, 6.45) is 0. The highest BCUT2D eigenvalue weighted by Crippen LogP contribution is 2.26. The number of hydrogen-bond acceptors (Lipinski definition) is 3. The summed E-state index contributed by atoms with van der Waals surface area (Å²) in [5.41, 5.74) is 7.40. The number of imidazole rings is 1. The van der Waals surface area contributed by atoms with Crippen molar-refractivity contribution in [1.29, 1.82) is 0 Å². The Morgan fingerprint density at radius 2 is 2.24 bits per heavy atom. The molecule has 0 aliphatic carbocycles. The summed E-state index contributed by atoms with van der Waals surface area (Å²) in [5.74, 6) is 1.57. The lowest BCUT2D eigenvalue weighted by molar-refractivity contribution is 0.415. The van der Waals surface area contributed by atoms with Crippen LogP contribution in [-0.2, 0) is 13.6 Å². The van der Waals surface area contributed by atoms with Gasteiger partial charge in [-0.25, -0.2) is 4.98 Å². The van der Waals surface area contributed by atoms with Crippen molar-refractivity contribution in [2.75, 3.05) is 7.11 Å². The molecule has 0 atom stereocenters. The van der Waals surface area contributed by atoms with E-state index in [2.05, 4.69) is 4.98 Å². The molecule has 0 aliphatic rings. The molecular formula is C12H14ClN3O. The highest BCUT2D eigenvalue weighted by atomic mass is 35.5. The van der Waals surface area contributed by atoms with Gasteiger partial charge in [-0.15, -0.1) is 0 Å². The van der Waals surface area contributed by atoms with Crippen molar-refractivity contribution >= 4 is 11.6 Å². The van der Waals surface area contributed by atoms with E-state index >= 15 is 0 Å². The summed E-state index contributed by atoms with van der Waals surface area (Å²) in [6, 6.07) is 7.68. The van der Waals surface area contributed by atoms with Crippen LogP contribution in [0, 0.1) is 0 Å². The van der Waals surface area contributed by atoms with Crippen molar-refractivity contribution in [2.45, 2.75) is 6.54 Å². The van der Waals surface area contributed by atoms with Gasteiger partial charge in [-0.2, -0.15) is 0 Å². The molecule has 0 aliphatic heterocycles. The zero-order valence-electron chi connectivity index (χ0n) is 9.77. The highest BCUT2D eigenvalue weighted by molar-refractivity contribution is 6.30. The van der Waals surface area contributed by atoms with Gasteiger partial charge in [0.25, 0.3) is 0 Å². The summed E-state index contributed by atoms with van der Waals surface area (Å²) in [4.78, 5) is 4.32. The number of halogens is 1. The van der Waals surface area contributed by atoms with E-state index in [1.54, 1.807) is 7.11 Å². The minimum absolute atomic E-state index is 0.367. The van der Waals surface area contributed by atoms with Gasteiger partial charge in [0.15, 0.2) is 5.15 Å². The molecule has 0 saturated carbocycles. The predicted molar refractivity (Wildman–Crippen MR) is 68.1 cm³/mol. The summed E-state index contributed by atoms with van der Waals surface area (Å²) in [5, 5.41) is 0.452. The van der Waals surface area contributed by atoms with E-state index in [1.165, 1.54) is 0 Å². The average Bonchev–Trinajstić information content (AvgIpc) is 2.64. The highest BCUT2D eigenvalue weighted by Gasteiger charge is 2.13. The van der Waals surface area contributed by atoms with E-state index < -0.39 is 0 Å². The Hall–Kier alpha value is -1.52. The summed E-state index contributed by atoms with van der Waals surface area (Å²) >= 11 is 6.03. The van der Waals surface area contributed by atoms with Crippen LogP contribution < -0.4 is 10.5 Å². The number of methoxy groups -OCH3 is 1. The Morgan fingerprint density at radius 3 is 2.82 bits per heavy atom. The van der Waals surface area contributed by atoms with Crippen LogP contribution in [0.3, 0.4) is 0 Å². The monoisotopic (exact) mass is 251 g/mol. The lowest BCUT2D eigenvalue weighted by atomic mass is 10.2. The molecule has 1 aromatic carbocycles. The molecule has 2 aromatic rings. The second kappa shape index (κ2) is 4.77. The van der Waals surface area contributed by atoms with Gasteiger partial charge < -0.3 is 15.0 Å². The topological polar surface area (TPSA) is 53.1 Å². The van der Waals surface area contributed by atoms with Crippen LogP contribution in [0.2, 0.25) is 5.15 Å². The average molecular weight is 252 g/mol. The van der Waals surface area contributed by atoms with E-state index in [0.717, 1.165) is 22.8 Å². The summed E-state index contributed by atoms with van der Waals surface area (Å²) < 4.78 is 7.08. The molecule has 0 unspecified atom stereocenters. The van der Waals surface area contributed by atoms with Crippen LogP contribution in [-0.4, -0.2) is 16.7 Å². The van der Waals surface area contributed by atoms with E-state index in [1.807, 2.05) is 35.9 Å². The molecular weight excluding hydrogens is 238 g/mol. The molecule has 0 fully saturated rings. The van der Waals surface area contributed by atoms with Gasteiger partial charge in [-0.3, -0.25) is 0 Å². The third-order valence-corrected chi connectivity index (χ3v) is 2.99. The standard InChI is InChI=1S/C12H14ClN3O/c1-16-10(7-14)11(13)15-12(16)8-4-3-5-9(6-8)17-2/h3-6H,7,14H2,1-2H3. The third kappa shape index (κ3) is 2.14. The Bertz CT molecular complexity index is 537. The van der Waals surface area contributed by atoms with Gasteiger partial charge >= 0.3 is 0 Å². The van der Waals surface area contributed by atoms with Crippen molar-refractivity contribution in [1.82, 2.24) is 9.55 Å². The molecule has 0 bridgehead atoms. The van der Waals surface area contributed by atoms with Gasteiger partial charge in [0.05, 0.1) is 12.8 Å². The lowest BCUT2D eigenvalue weighted by Gasteiger charge is -2.06. The second-order valence-electron chi connectivity index (χ2n) is 3.67. The number of ether oxygens (including phenoxy) is 1. The summed E-state index contributed by atoms with van der Waals surface area (Å²) in [7, 11) is 3.53. The predicted octanol–water partition coefficient (Wildman–Crippen LogP) is 2.21. The molecule has 0 saturated heterocycles. The molecule has 2 N–H and O–H groups in total. The van der Waals surface area contributed by atoms with E-state index in [0.29, 0.717) is 11.7 Å². The van der Waals surface area contributed by atoms with Crippen LogP contribution in [0.4, 0.5) is 0 Å². The van der Waals surface area contributed by atoms with Crippen LogP contribution in [0.25, 0.3) is 11.4 Å². The van der Waals surface area contributed by atoms with Gasteiger partial charge in [0, 0.05) is 19.2 Å². The molecule has 0 spiro atoms. The van der Waals surface area contributed by atoms with E-state index in [4.69, 9.17) is 22.1 Å². The SMILES string of the molecule is COc1cccc(-c2nc(Cl)c(CN)n2C)c1. The first-order chi connectivity index (χ1) is 8.17. The minimum Gasteiger partial charge on any atom is -0.497 e. The van der Waals surface area contributed by atoms with Crippen molar-refractivity contribution in [3.63, 3.8) is 0 Å². The maximum absolute atomic E-state index is 6.03. The van der Waals surface area contributed by atoms with Gasteiger partial charge in [-0.05, 0) is 12.1 Å². The first-order valence-electron chi connectivity index (χ1n) is 5.23.